The minimum atomic E-state index is 0.0520. The first-order chi connectivity index (χ1) is 6.77. The Balaban J connectivity index is 2.13. The largest absolute Gasteiger partial charge is 0.381 e. The molecule has 0 spiro atoms. The van der Waals surface area contributed by atoms with E-state index in [1.54, 1.807) is 0 Å². The maximum absolute atomic E-state index is 6.13. The molecule has 2 nitrogen and oxygen atoms in total. The van der Waals surface area contributed by atoms with Gasteiger partial charge in [0.2, 0.25) is 0 Å². The van der Waals surface area contributed by atoms with Gasteiger partial charge in [0, 0.05) is 23.6 Å². The molecule has 1 aliphatic heterocycles. The summed E-state index contributed by atoms with van der Waals surface area (Å²) in [5, 5.41) is 0.747. The van der Waals surface area contributed by atoms with Crippen LogP contribution in [0.15, 0.2) is 24.3 Å². The highest BCUT2D eigenvalue weighted by Crippen LogP contribution is 2.27. The molecule has 1 aromatic carbocycles. The number of ether oxygens (including phenoxy) is 1. The van der Waals surface area contributed by atoms with Crippen LogP contribution in [0.1, 0.15) is 18.0 Å². The normalized spacial score (nSPS) is 23.7. The summed E-state index contributed by atoms with van der Waals surface area (Å²) >= 11 is 5.91. The molecule has 2 rings (SSSR count). The molecular weight excluding hydrogens is 198 g/mol. The van der Waals surface area contributed by atoms with Crippen LogP contribution in [0.25, 0.3) is 0 Å². The van der Waals surface area contributed by atoms with Crippen molar-refractivity contribution in [3.05, 3.63) is 34.9 Å². The quantitative estimate of drug-likeness (QED) is 0.815. The zero-order valence-electron chi connectivity index (χ0n) is 7.95. The van der Waals surface area contributed by atoms with Crippen molar-refractivity contribution in [3.63, 3.8) is 0 Å². The second kappa shape index (κ2) is 4.30. The molecule has 0 radical (unpaired) electrons. The molecule has 0 aliphatic carbocycles. The van der Waals surface area contributed by atoms with Crippen molar-refractivity contribution < 1.29 is 4.74 Å². The summed E-state index contributed by atoms with van der Waals surface area (Å²) in [5.41, 5.74) is 7.24. The van der Waals surface area contributed by atoms with Gasteiger partial charge in [-0.1, -0.05) is 23.7 Å². The molecule has 2 atom stereocenters. The van der Waals surface area contributed by atoms with Gasteiger partial charge >= 0.3 is 0 Å². The smallest absolute Gasteiger partial charge is 0.0513 e. The molecule has 0 bridgehead atoms. The summed E-state index contributed by atoms with van der Waals surface area (Å²) in [5.74, 6) is 0.438. The molecule has 0 amide bonds. The lowest BCUT2D eigenvalue weighted by molar-refractivity contribution is 0.181. The standard InChI is InChI=1S/C11H14ClNO/c12-10-3-1-2-8(6-10)11(13)9-4-5-14-7-9/h1-3,6,9,11H,4-5,7,13H2/t9-,11?/m0/s1. The molecule has 1 fully saturated rings. The minimum absolute atomic E-state index is 0.0520. The molecule has 2 N–H and O–H groups in total. The summed E-state index contributed by atoms with van der Waals surface area (Å²) in [6.45, 7) is 1.60. The third-order valence-corrected chi connectivity index (χ3v) is 2.94. The molecule has 76 valence electrons. The lowest BCUT2D eigenvalue weighted by atomic mass is 9.93. The highest BCUT2D eigenvalue weighted by atomic mass is 35.5. The fourth-order valence-electron chi connectivity index (χ4n) is 1.82. The number of benzene rings is 1. The van der Waals surface area contributed by atoms with E-state index in [4.69, 9.17) is 22.1 Å². The van der Waals surface area contributed by atoms with Crippen molar-refractivity contribution in [3.8, 4) is 0 Å². The van der Waals surface area contributed by atoms with Crippen LogP contribution in [0.4, 0.5) is 0 Å². The maximum atomic E-state index is 6.13. The van der Waals surface area contributed by atoms with E-state index in [9.17, 15) is 0 Å². The van der Waals surface area contributed by atoms with Gasteiger partial charge in [0.15, 0.2) is 0 Å². The van der Waals surface area contributed by atoms with E-state index in [-0.39, 0.29) is 6.04 Å². The van der Waals surface area contributed by atoms with Gasteiger partial charge in [0.25, 0.3) is 0 Å². The van der Waals surface area contributed by atoms with E-state index in [1.165, 1.54) is 0 Å². The average molecular weight is 212 g/mol. The van der Waals surface area contributed by atoms with E-state index >= 15 is 0 Å². The number of hydrogen-bond donors (Lipinski definition) is 1. The Morgan fingerprint density at radius 1 is 1.50 bits per heavy atom. The van der Waals surface area contributed by atoms with Crippen LogP contribution in [0.5, 0.6) is 0 Å². The fraction of sp³-hybridized carbons (Fsp3) is 0.455. The summed E-state index contributed by atoms with van der Waals surface area (Å²) in [6.07, 6.45) is 1.05. The Kier molecular flexibility index (Phi) is 3.06. The van der Waals surface area contributed by atoms with E-state index in [1.807, 2.05) is 24.3 Å². The average Bonchev–Trinajstić information content (AvgIpc) is 2.69. The molecule has 1 unspecified atom stereocenters. The van der Waals surface area contributed by atoms with Crippen LogP contribution in [0.2, 0.25) is 5.02 Å². The SMILES string of the molecule is NC(c1cccc(Cl)c1)[C@H]1CCOC1. The number of rotatable bonds is 2. The number of hydrogen-bond acceptors (Lipinski definition) is 2. The summed E-state index contributed by atoms with van der Waals surface area (Å²) in [6, 6.07) is 7.81. The Morgan fingerprint density at radius 3 is 3.00 bits per heavy atom. The van der Waals surface area contributed by atoms with Gasteiger partial charge in [-0.15, -0.1) is 0 Å². The van der Waals surface area contributed by atoms with Gasteiger partial charge in [-0.05, 0) is 24.1 Å². The highest BCUT2D eigenvalue weighted by Gasteiger charge is 2.23. The van der Waals surface area contributed by atoms with Gasteiger partial charge < -0.3 is 10.5 Å². The topological polar surface area (TPSA) is 35.2 Å². The van der Waals surface area contributed by atoms with Crippen LogP contribution in [0, 0.1) is 5.92 Å². The molecule has 0 saturated carbocycles. The van der Waals surface area contributed by atoms with Crippen LogP contribution in [0.3, 0.4) is 0 Å². The molecular formula is C11H14ClNO. The number of nitrogens with two attached hydrogens (primary N) is 1. The van der Waals surface area contributed by atoms with Crippen molar-refractivity contribution in [2.24, 2.45) is 11.7 Å². The molecule has 1 heterocycles. The zero-order chi connectivity index (χ0) is 9.97. The van der Waals surface area contributed by atoms with Crippen molar-refractivity contribution in [1.82, 2.24) is 0 Å². The van der Waals surface area contributed by atoms with E-state index in [2.05, 4.69) is 0 Å². The van der Waals surface area contributed by atoms with Crippen LogP contribution < -0.4 is 5.73 Å². The lowest BCUT2D eigenvalue weighted by Gasteiger charge is -2.17. The van der Waals surface area contributed by atoms with Crippen molar-refractivity contribution >= 4 is 11.6 Å². The van der Waals surface area contributed by atoms with Crippen molar-refractivity contribution in [2.45, 2.75) is 12.5 Å². The minimum Gasteiger partial charge on any atom is -0.381 e. The molecule has 14 heavy (non-hydrogen) atoms. The van der Waals surface area contributed by atoms with Gasteiger partial charge in [0.1, 0.15) is 0 Å². The first-order valence-electron chi connectivity index (χ1n) is 4.86. The summed E-state index contributed by atoms with van der Waals surface area (Å²) in [7, 11) is 0. The maximum Gasteiger partial charge on any atom is 0.0513 e. The van der Waals surface area contributed by atoms with Crippen LogP contribution in [-0.2, 0) is 4.74 Å². The fourth-order valence-corrected chi connectivity index (χ4v) is 2.02. The van der Waals surface area contributed by atoms with Gasteiger partial charge in [-0.25, -0.2) is 0 Å². The second-order valence-corrected chi connectivity index (χ2v) is 4.14. The zero-order valence-corrected chi connectivity index (χ0v) is 8.70. The molecule has 3 heteroatoms. The van der Waals surface area contributed by atoms with Gasteiger partial charge in [0.05, 0.1) is 6.61 Å². The monoisotopic (exact) mass is 211 g/mol. The second-order valence-electron chi connectivity index (χ2n) is 3.70. The predicted molar refractivity (Wildman–Crippen MR) is 57.3 cm³/mol. The Bertz CT molecular complexity index is 310. The van der Waals surface area contributed by atoms with Gasteiger partial charge in [-0.3, -0.25) is 0 Å². The number of halogens is 1. The summed E-state index contributed by atoms with van der Waals surface area (Å²) in [4.78, 5) is 0. The first kappa shape index (κ1) is 9.97. The molecule has 1 aliphatic rings. The molecule has 1 saturated heterocycles. The predicted octanol–water partition coefficient (Wildman–Crippen LogP) is 2.38. The Morgan fingerprint density at radius 2 is 2.36 bits per heavy atom. The third kappa shape index (κ3) is 2.08. The highest BCUT2D eigenvalue weighted by molar-refractivity contribution is 6.30. The molecule has 0 aromatic heterocycles. The van der Waals surface area contributed by atoms with E-state index in [0.29, 0.717) is 5.92 Å². The first-order valence-corrected chi connectivity index (χ1v) is 5.24. The lowest BCUT2D eigenvalue weighted by Crippen LogP contribution is -2.21. The van der Waals surface area contributed by atoms with Gasteiger partial charge in [-0.2, -0.15) is 0 Å². The summed E-state index contributed by atoms with van der Waals surface area (Å²) < 4.78 is 5.32. The Hall–Kier alpha value is -0.570. The Labute approximate surface area is 89.0 Å². The van der Waals surface area contributed by atoms with Crippen molar-refractivity contribution in [2.75, 3.05) is 13.2 Å². The van der Waals surface area contributed by atoms with Crippen LogP contribution in [-0.4, -0.2) is 13.2 Å². The van der Waals surface area contributed by atoms with E-state index < -0.39 is 0 Å². The third-order valence-electron chi connectivity index (χ3n) is 2.71. The van der Waals surface area contributed by atoms with Crippen LogP contribution >= 0.6 is 11.6 Å². The van der Waals surface area contributed by atoms with Crippen molar-refractivity contribution in [1.29, 1.82) is 0 Å². The van der Waals surface area contributed by atoms with E-state index in [0.717, 1.165) is 30.2 Å². The molecule has 1 aromatic rings.